The summed E-state index contributed by atoms with van der Waals surface area (Å²) in [5, 5.41) is 3.62. The Hall–Kier alpha value is -0.820. The molecule has 1 heteroatoms. The molecular weight excluding hydrogens is 242 g/mol. The van der Waals surface area contributed by atoms with E-state index in [1.54, 1.807) is 11.1 Å². The molecule has 1 aromatic carbocycles. The Morgan fingerprint density at radius 3 is 2.85 bits per heavy atom. The molecule has 0 radical (unpaired) electrons. The monoisotopic (exact) mass is 273 g/mol. The first-order valence-electron chi connectivity index (χ1n) is 8.51. The predicted octanol–water partition coefficient (Wildman–Crippen LogP) is 4.91. The number of nitrogens with one attached hydrogen (secondary N) is 1. The Morgan fingerprint density at radius 2 is 2.05 bits per heavy atom. The number of aryl methyl sites for hydroxylation is 1. The number of hydrogen-bond acceptors (Lipinski definition) is 1. The Labute approximate surface area is 125 Å². The molecule has 0 aliphatic heterocycles. The topological polar surface area (TPSA) is 12.0 Å². The molecule has 1 nitrogen and oxygen atoms in total. The highest BCUT2D eigenvalue weighted by Gasteiger charge is 2.22. The molecule has 0 heterocycles. The minimum Gasteiger partial charge on any atom is -0.314 e. The van der Waals surface area contributed by atoms with Gasteiger partial charge in [0.05, 0.1) is 0 Å². The van der Waals surface area contributed by atoms with Crippen molar-refractivity contribution < 1.29 is 0 Å². The van der Waals surface area contributed by atoms with E-state index in [4.69, 9.17) is 0 Å². The van der Waals surface area contributed by atoms with E-state index in [2.05, 4.69) is 50.4 Å². The number of rotatable bonds is 7. The van der Waals surface area contributed by atoms with Gasteiger partial charge in [0.1, 0.15) is 0 Å². The standard InChI is InChI=1S/C19H31N/c1-4-12-20-16(3)13-15(2)14-18-10-7-9-17-8-5-6-11-19(17)18/h5-6,8,11,15-16,18,20H,4,7,9-10,12-14H2,1-3H3. The molecule has 0 aromatic heterocycles. The van der Waals surface area contributed by atoms with Crippen molar-refractivity contribution in [2.75, 3.05) is 6.54 Å². The first-order chi connectivity index (χ1) is 9.70. The van der Waals surface area contributed by atoms with Gasteiger partial charge in [0, 0.05) is 6.04 Å². The van der Waals surface area contributed by atoms with Crippen LogP contribution in [0.2, 0.25) is 0 Å². The molecule has 1 aliphatic rings. The minimum atomic E-state index is 0.656. The summed E-state index contributed by atoms with van der Waals surface area (Å²) >= 11 is 0. The largest absolute Gasteiger partial charge is 0.314 e. The van der Waals surface area contributed by atoms with Crippen LogP contribution in [-0.4, -0.2) is 12.6 Å². The van der Waals surface area contributed by atoms with E-state index in [0.717, 1.165) is 18.4 Å². The second kappa shape index (κ2) is 7.83. The van der Waals surface area contributed by atoms with Crippen molar-refractivity contribution in [1.29, 1.82) is 0 Å². The van der Waals surface area contributed by atoms with Crippen molar-refractivity contribution in [2.45, 2.75) is 71.3 Å². The first kappa shape index (κ1) is 15.6. The van der Waals surface area contributed by atoms with Crippen molar-refractivity contribution in [2.24, 2.45) is 5.92 Å². The number of hydrogen-bond donors (Lipinski definition) is 1. The molecular formula is C19H31N. The molecule has 0 fully saturated rings. The molecule has 0 bridgehead atoms. The summed E-state index contributed by atoms with van der Waals surface area (Å²) in [7, 11) is 0. The van der Waals surface area contributed by atoms with Gasteiger partial charge in [-0.3, -0.25) is 0 Å². The fourth-order valence-corrected chi connectivity index (χ4v) is 3.76. The van der Waals surface area contributed by atoms with Gasteiger partial charge in [-0.2, -0.15) is 0 Å². The zero-order valence-corrected chi connectivity index (χ0v) is 13.5. The fraction of sp³-hybridized carbons (Fsp3) is 0.684. The summed E-state index contributed by atoms with van der Waals surface area (Å²) in [6.07, 6.45) is 7.94. The third-order valence-electron chi connectivity index (χ3n) is 4.68. The lowest BCUT2D eigenvalue weighted by molar-refractivity contribution is 0.362. The van der Waals surface area contributed by atoms with Crippen molar-refractivity contribution in [3.05, 3.63) is 35.4 Å². The quantitative estimate of drug-likeness (QED) is 0.744. The average molecular weight is 273 g/mol. The Bertz CT molecular complexity index is 399. The lowest BCUT2D eigenvalue weighted by Crippen LogP contribution is -2.29. The summed E-state index contributed by atoms with van der Waals surface area (Å²) in [5.74, 6) is 1.61. The van der Waals surface area contributed by atoms with Gasteiger partial charge in [0.2, 0.25) is 0 Å². The summed E-state index contributed by atoms with van der Waals surface area (Å²) in [5.41, 5.74) is 3.24. The van der Waals surface area contributed by atoms with E-state index in [1.165, 1.54) is 38.5 Å². The zero-order chi connectivity index (χ0) is 14.4. The smallest absolute Gasteiger partial charge is 0.00412 e. The predicted molar refractivity (Wildman–Crippen MR) is 88.3 cm³/mol. The molecule has 3 atom stereocenters. The van der Waals surface area contributed by atoms with E-state index in [1.807, 2.05) is 0 Å². The van der Waals surface area contributed by atoms with E-state index in [9.17, 15) is 0 Å². The molecule has 112 valence electrons. The van der Waals surface area contributed by atoms with Crippen LogP contribution < -0.4 is 5.32 Å². The molecule has 0 spiro atoms. The molecule has 1 aliphatic carbocycles. The maximum atomic E-state index is 3.62. The lowest BCUT2D eigenvalue weighted by Gasteiger charge is -2.29. The highest BCUT2D eigenvalue weighted by atomic mass is 14.9. The van der Waals surface area contributed by atoms with Crippen molar-refractivity contribution in [3.63, 3.8) is 0 Å². The van der Waals surface area contributed by atoms with Gasteiger partial charge in [-0.15, -0.1) is 0 Å². The van der Waals surface area contributed by atoms with Gasteiger partial charge in [0.15, 0.2) is 0 Å². The van der Waals surface area contributed by atoms with E-state index in [-0.39, 0.29) is 0 Å². The van der Waals surface area contributed by atoms with E-state index >= 15 is 0 Å². The summed E-state index contributed by atoms with van der Waals surface area (Å²) in [6.45, 7) is 8.16. The Kier molecular flexibility index (Phi) is 6.09. The third-order valence-corrected chi connectivity index (χ3v) is 4.68. The maximum absolute atomic E-state index is 3.62. The van der Waals surface area contributed by atoms with Gasteiger partial charge < -0.3 is 5.32 Å². The molecule has 20 heavy (non-hydrogen) atoms. The van der Waals surface area contributed by atoms with Crippen LogP contribution in [0.15, 0.2) is 24.3 Å². The van der Waals surface area contributed by atoms with Crippen molar-refractivity contribution in [1.82, 2.24) is 5.32 Å². The first-order valence-corrected chi connectivity index (χ1v) is 8.51. The Balaban J connectivity index is 1.87. The number of fused-ring (bicyclic) bond motifs is 1. The van der Waals surface area contributed by atoms with E-state index in [0.29, 0.717) is 6.04 Å². The van der Waals surface area contributed by atoms with E-state index < -0.39 is 0 Å². The second-order valence-corrected chi connectivity index (χ2v) is 6.72. The van der Waals surface area contributed by atoms with Crippen LogP contribution in [0, 0.1) is 5.92 Å². The van der Waals surface area contributed by atoms with Crippen LogP contribution in [0.1, 0.15) is 69.9 Å². The molecule has 0 saturated carbocycles. The second-order valence-electron chi connectivity index (χ2n) is 6.72. The van der Waals surface area contributed by atoms with Crippen molar-refractivity contribution >= 4 is 0 Å². The van der Waals surface area contributed by atoms with Gasteiger partial charge in [-0.25, -0.2) is 0 Å². The van der Waals surface area contributed by atoms with Gasteiger partial charge in [-0.05, 0) is 75.0 Å². The Morgan fingerprint density at radius 1 is 1.25 bits per heavy atom. The SMILES string of the molecule is CCCNC(C)CC(C)CC1CCCc2ccccc21. The molecule has 1 aromatic rings. The summed E-state index contributed by atoms with van der Waals surface area (Å²) in [4.78, 5) is 0. The van der Waals surface area contributed by atoms with Crippen LogP contribution in [0.5, 0.6) is 0 Å². The molecule has 0 saturated heterocycles. The highest BCUT2D eigenvalue weighted by Crippen LogP contribution is 2.36. The van der Waals surface area contributed by atoms with Crippen LogP contribution in [0.3, 0.4) is 0 Å². The molecule has 1 N–H and O–H groups in total. The molecule has 2 rings (SSSR count). The maximum Gasteiger partial charge on any atom is 0.00412 e. The molecule has 0 amide bonds. The van der Waals surface area contributed by atoms with Crippen LogP contribution >= 0.6 is 0 Å². The van der Waals surface area contributed by atoms with Gasteiger partial charge in [0.25, 0.3) is 0 Å². The zero-order valence-electron chi connectivity index (χ0n) is 13.5. The lowest BCUT2D eigenvalue weighted by atomic mass is 9.77. The van der Waals surface area contributed by atoms with Gasteiger partial charge in [-0.1, -0.05) is 38.1 Å². The van der Waals surface area contributed by atoms with Crippen LogP contribution in [0.25, 0.3) is 0 Å². The third kappa shape index (κ3) is 4.34. The van der Waals surface area contributed by atoms with Crippen molar-refractivity contribution in [3.8, 4) is 0 Å². The van der Waals surface area contributed by atoms with Crippen LogP contribution in [-0.2, 0) is 6.42 Å². The minimum absolute atomic E-state index is 0.656. The average Bonchev–Trinajstić information content (AvgIpc) is 2.45. The van der Waals surface area contributed by atoms with Crippen LogP contribution in [0.4, 0.5) is 0 Å². The fourth-order valence-electron chi connectivity index (χ4n) is 3.76. The summed E-state index contributed by atoms with van der Waals surface area (Å²) in [6, 6.07) is 9.76. The normalized spacial score (nSPS) is 21.2. The summed E-state index contributed by atoms with van der Waals surface area (Å²) < 4.78 is 0. The van der Waals surface area contributed by atoms with Gasteiger partial charge >= 0.3 is 0 Å². The molecule has 3 unspecified atom stereocenters. The number of benzene rings is 1. The highest BCUT2D eigenvalue weighted by molar-refractivity contribution is 5.32.